The molecule has 0 radical (unpaired) electrons. The molecule has 0 aromatic carbocycles. The SMILES string of the molecule is CCCCCCCCCCCCCC(=O)N1CCCC1C(=O)NC(CCC(=O)O)C(=O)NC(CCC(=O)O)C(=O)NCCNC. The maximum absolute atomic E-state index is 13.3. The van der Waals surface area contributed by atoms with Gasteiger partial charge in [0.25, 0.3) is 0 Å². The molecule has 1 heterocycles. The van der Waals surface area contributed by atoms with E-state index >= 15 is 0 Å². The monoisotopic (exact) mass is 639 g/mol. The Morgan fingerprint density at radius 2 is 1.24 bits per heavy atom. The molecule has 0 spiro atoms. The number of carbonyl (C=O) groups is 6. The van der Waals surface area contributed by atoms with E-state index in [0.717, 1.165) is 25.7 Å². The number of likely N-dealkylation sites (tertiary alicyclic amines) is 1. The summed E-state index contributed by atoms with van der Waals surface area (Å²) in [5.74, 6) is -4.35. The molecule has 0 aromatic heterocycles. The predicted octanol–water partition coefficient (Wildman–Crippen LogP) is 2.71. The van der Waals surface area contributed by atoms with Gasteiger partial charge in [0.05, 0.1) is 0 Å². The smallest absolute Gasteiger partial charge is 0.303 e. The molecule has 0 aromatic rings. The number of nitrogens with zero attached hydrogens (tertiary/aromatic N) is 1. The van der Waals surface area contributed by atoms with Crippen LogP contribution in [0.5, 0.6) is 0 Å². The van der Waals surface area contributed by atoms with Gasteiger partial charge in [-0.15, -0.1) is 0 Å². The number of rotatable bonds is 26. The van der Waals surface area contributed by atoms with Crippen LogP contribution in [0.1, 0.15) is 122 Å². The van der Waals surface area contributed by atoms with Gasteiger partial charge in [-0.05, 0) is 39.2 Å². The Bertz CT molecular complexity index is 931. The third-order valence-corrected chi connectivity index (χ3v) is 8.10. The molecule has 4 amide bonds. The minimum atomic E-state index is -1.28. The van der Waals surface area contributed by atoms with E-state index < -0.39 is 54.2 Å². The highest BCUT2D eigenvalue weighted by Gasteiger charge is 2.36. The highest BCUT2D eigenvalue weighted by atomic mass is 16.4. The standard InChI is InChI=1S/C32H57N5O8/c1-3-4-5-6-7-8-9-10-11-12-13-16-27(38)37-23-14-15-26(37)32(45)36-25(18-20-29(41)42)31(44)35-24(17-19-28(39)40)30(43)34-22-21-33-2/h24-26,33H,3-23H2,1-2H3,(H,34,43)(H,35,44)(H,36,45)(H,39,40)(H,41,42). The summed E-state index contributed by atoms with van der Waals surface area (Å²) in [5, 5.41) is 28.9. The summed E-state index contributed by atoms with van der Waals surface area (Å²) >= 11 is 0. The van der Waals surface area contributed by atoms with Crippen molar-refractivity contribution in [2.75, 3.05) is 26.7 Å². The van der Waals surface area contributed by atoms with E-state index in [0.29, 0.717) is 32.4 Å². The highest BCUT2D eigenvalue weighted by molar-refractivity contribution is 5.94. The largest absolute Gasteiger partial charge is 0.481 e. The van der Waals surface area contributed by atoms with Crippen molar-refractivity contribution in [1.29, 1.82) is 0 Å². The molecule has 6 N–H and O–H groups in total. The van der Waals surface area contributed by atoms with Gasteiger partial charge in [0.2, 0.25) is 23.6 Å². The second-order valence-corrected chi connectivity index (χ2v) is 11.9. The van der Waals surface area contributed by atoms with Crippen LogP contribution >= 0.6 is 0 Å². The third kappa shape index (κ3) is 17.8. The lowest BCUT2D eigenvalue weighted by Gasteiger charge is -2.27. The Morgan fingerprint density at radius 1 is 0.711 bits per heavy atom. The van der Waals surface area contributed by atoms with Crippen LogP contribution in [-0.2, 0) is 28.8 Å². The molecule has 3 atom stereocenters. The molecule has 3 unspecified atom stereocenters. The first-order valence-electron chi connectivity index (χ1n) is 16.9. The second kappa shape index (κ2) is 24.1. The predicted molar refractivity (Wildman–Crippen MR) is 170 cm³/mol. The molecular weight excluding hydrogens is 582 g/mol. The Kier molecular flexibility index (Phi) is 21.3. The normalized spacial score (nSPS) is 15.7. The zero-order valence-corrected chi connectivity index (χ0v) is 27.4. The minimum Gasteiger partial charge on any atom is -0.481 e. The molecule has 0 saturated carbocycles. The van der Waals surface area contributed by atoms with Crippen molar-refractivity contribution in [2.45, 2.75) is 141 Å². The van der Waals surface area contributed by atoms with Crippen molar-refractivity contribution in [3.63, 3.8) is 0 Å². The summed E-state index contributed by atoms with van der Waals surface area (Å²) in [7, 11) is 1.70. The Labute approximate surface area is 268 Å². The van der Waals surface area contributed by atoms with Crippen LogP contribution in [0, 0.1) is 0 Å². The van der Waals surface area contributed by atoms with Gasteiger partial charge >= 0.3 is 11.9 Å². The first kappa shape index (κ1) is 39.8. The van der Waals surface area contributed by atoms with E-state index in [1.165, 1.54) is 44.9 Å². The fourth-order valence-electron chi connectivity index (χ4n) is 5.47. The zero-order valence-electron chi connectivity index (χ0n) is 27.4. The first-order valence-corrected chi connectivity index (χ1v) is 16.9. The van der Waals surface area contributed by atoms with Gasteiger partial charge < -0.3 is 36.4 Å². The van der Waals surface area contributed by atoms with E-state index in [2.05, 4.69) is 28.2 Å². The summed E-state index contributed by atoms with van der Waals surface area (Å²) < 4.78 is 0. The van der Waals surface area contributed by atoms with Crippen molar-refractivity contribution in [1.82, 2.24) is 26.2 Å². The average Bonchev–Trinajstić information content (AvgIpc) is 3.50. The number of hydrogen-bond acceptors (Lipinski definition) is 7. The molecule has 0 aliphatic carbocycles. The van der Waals surface area contributed by atoms with Crippen LogP contribution in [0.3, 0.4) is 0 Å². The molecule has 1 aliphatic rings. The summed E-state index contributed by atoms with van der Waals surface area (Å²) in [6.45, 7) is 3.36. The van der Waals surface area contributed by atoms with Crippen LogP contribution in [0.25, 0.3) is 0 Å². The number of carbonyl (C=O) groups excluding carboxylic acids is 4. The van der Waals surface area contributed by atoms with Gasteiger partial charge in [0.15, 0.2) is 0 Å². The number of nitrogens with one attached hydrogen (secondary N) is 4. The molecule has 258 valence electrons. The summed E-state index contributed by atoms with van der Waals surface area (Å²) in [5.41, 5.74) is 0. The fourth-order valence-corrected chi connectivity index (χ4v) is 5.47. The molecule has 13 heteroatoms. The molecule has 1 saturated heterocycles. The Hall–Kier alpha value is -3.22. The van der Waals surface area contributed by atoms with E-state index in [1.54, 1.807) is 11.9 Å². The van der Waals surface area contributed by atoms with Crippen LogP contribution in [-0.4, -0.2) is 95.5 Å². The summed E-state index contributed by atoms with van der Waals surface area (Å²) in [6.07, 6.45) is 13.1. The quantitative estimate of drug-likeness (QED) is 0.0772. The first-order chi connectivity index (χ1) is 21.6. The van der Waals surface area contributed by atoms with Gasteiger partial charge in [0, 0.05) is 38.9 Å². The lowest BCUT2D eigenvalue weighted by Crippen LogP contribution is -2.56. The second-order valence-electron chi connectivity index (χ2n) is 11.9. The van der Waals surface area contributed by atoms with Crippen LogP contribution in [0.2, 0.25) is 0 Å². The average molecular weight is 640 g/mol. The van der Waals surface area contributed by atoms with Gasteiger partial charge in [0.1, 0.15) is 18.1 Å². The fraction of sp³-hybridized carbons (Fsp3) is 0.812. The summed E-state index contributed by atoms with van der Waals surface area (Å²) in [4.78, 5) is 76.1. The van der Waals surface area contributed by atoms with Crippen molar-refractivity contribution < 1.29 is 39.0 Å². The number of likely N-dealkylation sites (N-methyl/N-ethyl adjacent to an activating group) is 1. The molecule has 13 nitrogen and oxygen atoms in total. The number of carboxylic acids is 2. The van der Waals surface area contributed by atoms with Crippen molar-refractivity contribution in [3.8, 4) is 0 Å². The summed E-state index contributed by atoms with van der Waals surface area (Å²) in [6, 6.07) is -3.24. The van der Waals surface area contributed by atoms with Crippen LogP contribution < -0.4 is 21.3 Å². The number of unbranched alkanes of at least 4 members (excludes halogenated alkanes) is 10. The molecule has 1 rings (SSSR count). The minimum absolute atomic E-state index is 0.109. The van der Waals surface area contributed by atoms with Crippen LogP contribution in [0.15, 0.2) is 0 Å². The lowest BCUT2D eigenvalue weighted by molar-refractivity contribution is -0.141. The van der Waals surface area contributed by atoms with E-state index in [9.17, 15) is 33.9 Å². The van der Waals surface area contributed by atoms with Gasteiger partial charge in [-0.2, -0.15) is 0 Å². The zero-order chi connectivity index (χ0) is 33.5. The molecular formula is C32H57N5O8. The molecule has 0 bridgehead atoms. The van der Waals surface area contributed by atoms with Crippen molar-refractivity contribution in [2.24, 2.45) is 0 Å². The van der Waals surface area contributed by atoms with Gasteiger partial charge in [-0.1, -0.05) is 71.1 Å². The van der Waals surface area contributed by atoms with E-state index in [4.69, 9.17) is 5.11 Å². The molecule has 1 fully saturated rings. The lowest BCUT2D eigenvalue weighted by atomic mass is 10.0. The van der Waals surface area contributed by atoms with E-state index in [-0.39, 0.29) is 31.7 Å². The van der Waals surface area contributed by atoms with Crippen molar-refractivity contribution in [3.05, 3.63) is 0 Å². The van der Waals surface area contributed by atoms with Crippen LogP contribution in [0.4, 0.5) is 0 Å². The molecule has 1 aliphatic heterocycles. The number of amides is 4. The molecule has 45 heavy (non-hydrogen) atoms. The van der Waals surface area contributed by atoms with E-state index in [1.807, 2.05) is 0 Å². The maximum Gasteiger partial charge on any atom is 0.303 e. The third-order valence-electron chi connectivity index (χ3n) is 8.10. The Balaban J connectivity index is 2.68. The Morgan fingerprint density at radius 3 is 1.78 bits per heavy atom. The van der Waals surface area contributed by atoms with Crippen molar-refractivity contribution >= 4 is 35.6 Å². The highest BCUT2D eigenvalue weighted by Crippen LogP contribution is 2.20. The number of hydrogen-bond donors (Lipinski definition) is 6. The number of aliphatic carboxylic acids is 2. The van der Waals surface area contributed by atoms with Gasteiger partial charge in [-0.25, -0.2) is 0 Å². The van der Waals surface area contributed by atoms with Gasteiger partial charge in [-0.3, -0.25) is 28.8 Å². The number of carboxylic acid groups (broad SMARTS) is 2. The maximum atomic E-state index is 13.3. The topological polar surface area (TPSA) is 194 Å².